The summed E-state index contributed by atoms with van der Waals surface area (Å²) in [5.41, 5.74) is 5.08. The monoisotopic (exact) mass is 523 g/mol. The number of hydrogen-bond donors (Lipinski definition) is 2. The van der Waals surface area contributed by atoms with E-state index in [1.807, 2.05) is 49.4 Å². The quantitative estimate of drug-likeness (QED) is 0.382. The standard InChI is InChI=1S/C21H23Br2N3O3/c1-14-10-19(18(23)12-17(14)22)29-13-21(28)26-25-15(2)11-20(27)24-9-8-16-6-4-3-5-7-16/h3-7,10,12H,8-9,11,13H2,1-2H3,(H,24,27)(H,26,28)/b25-15+. The predicted octanol–water partition coefficient (Wildman–Crippen LogP) is 4.14. The van der Waals surface area contributed by atoms with Crippen LogP contribution >= 0.6 is 31.9 Å². The zero-order valence-electron chi connectivity index (χ0n) is 16.3. The number of rotatable bonds is 9. The van der Waals surface area contributed by atoms with Crippen LogP contribution in [0.25, 0.3) is 0 Å². The van der Waals surface area contributed by atoms with Crippen molar-refractivity contribution in [1.29, 1.82) is 0 Å². The topological polar surface area (TPSA) is 79.8 Å². The van der Waals surface area contributed by atoms with Crippen molar-refractivity contribution >= 4 is 49.4 Å². The minimum Gasteiger partial charge on any atom is -0.483 e. The SMILES string of the molecule is C/C(CC(=O)NCCc1ccccc1)=N\NC(=O)COc1cc(C)c(Br)cc1Br. The van der Waals surface area contributed by atoms with E-state index in [9.17, 15) is 9.59 Å². The highest BCUT2D eigenvalue weighted by atomic mass is 79.9. The molecule has 0 fully saturated rings. The molecule has 2 rings (SSSR count). The molecule has 0 saturated heterocycles. The van der Waals surface area contributed by atoms with E-state index in [0.29, 0.717) is 18.0 Å². The van der Waals surface area contributed by atoms with E-state index in [0.717, 1.165) is 26.5 Å². The summed E-state index contributed by atoms with van der Waals surface area (Å²) < 4.78 is 7.21. The van der Waals surface area contributed by atoms with Crippen molar-refractivity contribution in [2.75, 3.05) is 13.2 Å². The second kappa shape index (κ2) is 11.7. The molecule has 0 radical (unpaired) electrons. The van der Waals surface area contributed by atoms with Crippen LogP contribution in [0.1, 0.15) is 24.5 Å². The lowest BCUT2D eigenvalue weighted by Crippen LogP contribution is -2.29. The van der Waals surface area contributed by atoms with Gasteiger partial charge >= 0.3 is 0 Å². The second-order valence-corrected chi connectivity index (χ2v) is 8.17. The third kappa shape index (κ3) is 8.37. The van der Waals surface area contributed by atoms with Gasteiger partial charge in [-0.2, -0.15) is 5.10 Å². The van der Waals surface area contributed by atoms with E-state index in [2.05, 4.69) is 47.7 Å². The van der Waals surface area contributed by atoms with Crippen LogP contribution in [0, 0.1) is 6.92 Å². The third-order valence-electron chi connectivity index (χ3n) is 3.94. The summed E-state index contributed by atoms with van der Waals surface area (Å²) in [7, 11) is 0. The van der Waals surface area contributed by atoms with Gasteiger partial charge in [0.25, 0.3) is 5.91 Å². The average Bonchev–Trinajstić information content (AvgIpc) is 2.69. The van der Waals surface area contributed by atoms with Gasteiger partial charge in [-0.15, -0.1) is 0 Å². The summed E-state index contributed by atoms with van der Waals surface area (Å²) in [6, 6.07) is 13.6. The van der Waals surface area contributed by atoms with E-state index >= 15 is 0 Å². The van der Waals surface area contributed by atoms with Crippen molar-refractivity contribution < 1.29 is 14.3 Å². The lowest BCUT2D eigenvalue weighted by atomic mass is 10.1. The highest BCUT2D eigenvalue weighted by molar-refractivity contribution is 9.11. The molecule has 0 unspecified atom stereocenters. The van der Waals surface area contributed by atoms with Gasteiger partial charge in [0.15, 0.2) is 6.61 Å². The Hall–Kier alpha value is -2.19. The zero-order chi connectivity index (χ0) is 21.2. The predicted molar refractivity (Wildman–Crippen MR) is 121 cm³/mol. The Kier molecular flexibility index (Phi) is 9.34. The highest BCUT2D eigenvalue weighted by Crippen LogP contribution is 2.31. The molecule has 0 saturated carbocycles. The molecule has 0 bridgehead atoms. The number of hydrazone groups is 1. The summed E-state index contributed by atoms with van der Waals surface area (Å²) in [6.07, 6.45) is 0.884. The summed E-state index contributed by atoms with van der Waals surface area (Å²) in [6.45, 7) is 3.99. The Morgan fingerprint density at radius 3 is 2.52 bits per heavy atom. The molecular weight excluding hydrogens is 502 g/mol. The Morgan fingerprint density at radius 1 is 1.07 bits per heavy atom. The highest BCUT2D eigenvalue weighted by Gasteiger charge is 2.09. The second-order valence-electron chi connectivity index (χ2n) is 6.46. The van der Waals surface area contributed by atoms with Crippen molar-refractivity contribution in [2.45, 2.75) is 26.7 Å². The molecule has 2 aromatic rings. The van der Waals surface area contributed by atoms with Crippen LogP contribution in [0.15, 0.2) is 56.5 Å². The lowest BCUT2D eigenvalue weighted by molar-refractivity contribution is -0.123. The van der Waals surface area contributed by atoms with Crippen molar-refractivity contribution in [3.05, 3.63) is 62.5 Å². The van der Waals surface area contributed by atoms with Crippen molar-refractivity contribution in [3.8, 4) is 5.75 Å². The fourth-order valence-electron chi connectivity index (χ4n) is 2.40. The number of nitrogens with zero attached hydrogens (tertiary/aromatic N) is 1. The van der Waals surface area contributed by atoms with Gasteiger partial charge in [-0.3, -0.25) is 9.59 Å². The largest absolute Gasteiger partial charge is 0.483 e. The van der Waals surface area contributed by atoms with Gasteiger partial charge in [-0.05, 0) is 59.5 Å². The number of benzene rings is 2. The maximum absolute atomic E-state index is 12.0. The van der Waals surface area contributed by atoms with Crippen LogP contribution in [0.3, 0.4) is 0 Å². The van der Waals surface area contributed by atoms with Gasteiger partial charge in [0, 0.05) is 16.7 Å². The normalized spacial score (nSPS) is 11.1. The van der Waals surface area contributed by atoms with Crippen LogP contribution in [-0.2, 0) is 16.0 Å². The first-order valence-corrected chi connectivity index (χ1v) is 10.6. The molecule has 2 amide bonds. The summed E-state index contributed by atoms with van der Waals surface area (Å²) in [5.74, 6) is 0.0302. The van der Waals surface area contributed by atoms with Gasteiger partial charge in [-0.1, -0.05) is 46.3 Å². The van der Waals surface area contributed by atoms with E-state index in [-0.39, 0.29) is 18.9 Å². The maximum atomic E-state index is 12.0. The minimum atomic E-state index is -0.402. The molecule has 0 atom stereocenters. The third-order valence-corrected chi connectivity index (χ3v) is 5.41. The number of ether oxygens (including phenoxy) is 1. The van der Waals surface area contributed by atoms with E-state index in [4.69, 9.17) is 4.74 Å². The molecule has 2 N–H and O–H groups in total. The first-order chi connectivity index (χ1) is 13.8. The zero-order valence-corrected chi connectivity index (χ0v) is 19.5. The van der Waals surface area contributed by atoms with Crippen LogP contribution in [0.4, 0.5) is 0 Å². The summed E-state index contributed by atoms with van der Waals surface area (Å²) in [4.78, 5) is 23.9. The maximum Gasteiger partial charge on any atom is 0.277 e. The van der Waals surface area contributed by atoms with Gasteiger partial charge < -0.3 is 10.1 Å². The molecule has 0 aliphatic carbocycles. The van der Waals surface area contributed by atoms with Crippen LogP contribution in [-0.4, -0.2) is 30.7 Å². The molecule has 0 spiro atoms. The number of aryl methyl sites for hydroxylation is 1. The number of amides is 2. The number of hydrogen-bond acceptors (Lipinski definition) is 4. The smallest absolute Gasteiger partial charge is 0.277 e. The van der Waals surface area contributed by atoms with Crippen molar-refractivity contribution in [1.82, 2.24) is 10.7 Å². The van der Waals surface area contributed by atoms with Gasteiger partial charge in [-0.25, -0.2) is 5.43 Å². The van der Waals surface area contributed by atoms with E-state index < -0.39 is 5.91 Å². The Bertz CT molecular complexity index is 886. The average molecular weight is 525 g/mol. The molecule has 154 valence electrons. The van der Waals surface area contributed by atoms with Crippen LogP contribution in [0.2, 0.25) is 0 Å². The number of carbonyl (C=O) groups is 2. The molecule has 0 aliphatic rings. The molecule has 29 heavy (non-hydrogen) atoms. The number of carbonyl (C=O) groups excluding carboxylic acids is 2. The Balaban J connectivity index is 1.70. The van der Waals surface area contributed by atoms with Crippen LogP contribution < -0.4 is 15.5 Å². The Labute approximate surface area is 187 Å². The van der Waals surface area contributed by atoms with Gasteiger partial charge in [0.05, 0.1) is 10.9 Å². The molecule has 0 heterocycles. The molecule has 2 aromatic carbocycles. The van der Waals surface area contributed by atoms with E-state index in [1.54, 1.807) is 6.92 Å². The fraction of sp³-hybridized carbons (Fsp3) is 0.286. The summed E-state index contributed by atoms with van der Waals surface area (Å²) >= 11 is 6.83. The molecular formula is C21H23Br2N3O3. The number of nitrogens with one attached hydrogen (secondary N) is 2. The van der Waals surface area contributed by atoms with E-state index in [1.165, 1.54) is 0 Å². The molecule has 0 aromatic heterocycles. The van der Waals surface area contributed by atoms with Gasteiger partial charge in [0.1, 0.15) is 5.75 Å². The fourth-order valence-corrected chi connectivity index (χ4v) is 3.51. The van der Waals surface area contributed by atoms with Crippen molar-refractivity contribution in [2.24, 2.45) is 5.10 Å². The first kappa shape index (κ1) is 23.1. The van der Waals surface area contributed by atoms with Crippen molar-refractivity contribution in [3.63, 3.8) is 0 Å². The lowest BCUT2D eigenvalue weighted by Gasteiger charge is -2.10. The Morgan fingerprint density at radius 2 is 1.79 bits per heavy atom. The molecule has 0 aliphatic heterocycles. The summed E-state index contributed by atoms with van der Waals surface area (Å²) in [5, 5.41) is 6.80. The van der Waals surface area contributed by atoms with Crippen LogP contribution in [0.5, 0.6) is 5.75 Å². The van der Waals surface area contributed by atoms with Gasteiger partial charge in [0.2, 0.25) is 5.91 Å². The molecule has 8 heteroatoms. The molecule has 6 nitrogen and oxygen atoms in total. The number of halogens is 2. The minimum absolute atomic E-state index is 0.118. The first-order valence-electron chi connectivity index (χ1n) is 9.06.